The molecule has 0 bridgehead atoms. The number of aromatic hydroxyl groups is 1. The van der Waals surface area contributed by atoms with Gasteiger partial charge in [-0.2, -0.15) is 4.79 Å². The van der Waals surface area contributed by atoms with Gasteiger partial charge in [0, 0.05) is 32.1 Å². The van der Waals surface area contributed by atoms with Crippen LogP contribution in [-0.4, -0.2) is 65.5 Å². The minimum Gasteiger partial charge on any atom is -0.507 e. The zero-order chi connectivity index (χ0) is 21.0. The third-order valence-electron chi connectivity index (χ3n) is 5.50. The molecule has 0 unspecified atom stereocenters. The van der Waals surface area contributed by atoms with Gasteiger partial charge in [-0.1, -0.05) is 26.0 Å². The Morgan fingerprint density at radius 1 is 1.24 bits per heavy atom. The van der Waals surface area contributed by atoms with Crippen LogP contribution in [0.5, 0.6) is 5.75 Å². The van der Waals surface area contributed by atoms with Gasteiger partial charge in [0.05, 0.1) is 26.3 Å². The van der Waals surface area contributed by atoms with Crippen LogP contribution in [0.4, 0.5) is 10.6 Å². The zero-order valence-corrected chi connectivity index (χ0v) is 17.7. The van der Waals surface area contributed by atoms with Gasteiger partial charge < -0.3 is 14.7 Å². The van der Waals surface area contributed by atoms with E-state index in [-0.39, 0.29) is 22.4 Å². The van der Waals surface area contributed by atoms with Crippen molar-refractivity contribution in [1.29, 1.82) is 0 Å². The number of nitrogens with zero attached hydrogens (tertiary/aromatic N) is 4. The van der Waals surface area contributed by atoms with E-state index >= 15 is 0 Å². The molecule has 0 saturated carbocycles. The average molecular weight is 400 g/mol. The van der Waals surface area contributed by atoms with Gasteiger partial charge in [-0.25, -0.2) is 14.5 Å². The number of anilines is 1. The summed E-state index contributed by atoms with van der Waals surface area (Å²) < 4.78 is 5.73. The fraction of sp³-hybridized carbons (Fsp3) is 0.500. The first-order chi connectivity index (χ1) is 13.8. The first kappa shape index (κ1) is 21.0. The van der Waals surface area contributed by atoms with Crippen LogP contribution in [0.2, 0.25) is 0 Å². The predicted molar refractivity (Wildman–Crippen MR) is 113 cm³/mol. The number of carbonyl (C=O) groups is 1. The lowest BCUT2D eigenvalue weighted by Gasteiger charge is -2.40. The van der Waals surface area contributed by atoms with Crippen LogP contribution >= 0.6 is 0 Å². The minimum absolute atomic E-state index is 0.166. The van der Waals surface area contributed by atoms with Crippen LogP contribution in [0.1, 0.15) is 26.7 Å². The Hall–Kier alpha value is -2.67. The normalized spacial score (nSPS) is 15.6. The maximum absolute atomic E-state index is 12.5. The molecule has 156 valence electrons. The molecule has 1 saturated heterocycles. The molecule has 1 fully saturated rings. The molecule has 0 spiro atoms. The molecule has 3 rings (SSSR count). The van der Waals surface area contributed by atoms with E-state index < -0.39 is 0 Å². The first-order valence-electron chi connectivity index (χ1n) is 10.2. The van der Waals surface area contributed by atoms with Gasteiger partial charge in [-0.3, -0.25) is 0 Å². The first-order valence-corrected chi connectivity index (χ1v) is 10.2. The molecule has 1 amide bonds. The summed E-state index contributed by atoms with van der Waals surface area (Å²) in [5.74, 6) is 1.85. The number of rotatable bonds is 5. The Bertz CT molecular complexity index is 845. The molecule has 7 heteroatoms. The molecule has 2 aromatic rings. The number of para-hydroxylation sites is 1. The number of phenols is 1. The monoisotopic (exact) mass is 399 g/mol. The molecule has 0 radical (unpaired) electrons. The summed E-state index contributed by atoms with van der Waals surface area (Å²) in [4.78, 5) is 23.7. The molecule has 1 aliphatic heterocycles. The highest BCUT2D eigenvalue weighted by atomic mass is 16.6. The maximum Gasteiger partial charge on any atom is 0.515 e. The molecule has 0 atom stereocenters. The van der Waals surface area contributed by atoms with E-state index in [1.54, 1.807) is 18.3 Å². The number of piperidine rings is 1. The van der Waals surface area contributed by atoms with Crippen molar-refractivity contribution < 1.29 is 19.1 Å². The van der Waals surface area contributed by atoms with Gasteiger partial charge in [0.2, 0.25) is 0 Å². The summed E-state index contributed by atoms with van der Waals surface area (Å²) in [5, 5.41) is 10.1. The van der Waals surface area contributed by atoms with Crippen LogP contribution in [0.15, 0.2) is 36.5 Å². The van der Waals surface area contributed by atoms with Crippen LogP contribution in [0.25, 0.3) is 11.4 Å². The van der Waals surface area contributed by atoms with Gasteiger partial charge in [0.25, 0.3) is 0 Å². The molecule has 1 aromatic heterocycles. The van der Waals surface area contributed by atoms with Crippen molar-refractivity contribution in [2.75, 3.05) is 38.7 Å². The number of benzene rings is 1. The Labute approximate surface area is 172 Å². The number of ether oxygens (including phenoxy) is 1. The zero-order valence-electron chi connectivity index (χ0n) is 17.7. The van der Waals surface area contributed by atoms with Gasteiger partial charge in [-0.15, -0.1) is 0 Å². The number of aromatic nitrogens is 2. The van der Waals surface area contributed by atoms with Crippen molar-refractivity contribution in [3.8, 4) is 17.1 Å². The molecule has 7 nitrogen and oxygen atoms in total. The Morgan fingerprint density at radius 2 is 1.93 bits per heavy atom. The van der Waals surface area contributed by atoms with Gasteiger partial charge >= 0.3 is 6.09 Å². The second kappa shape index (κ2) is 8.78. The molecular formula is C22H31N4O3+. The van der Waals surface area contributed by atoms with Crippen LogP contribution in [-0.2, 0) is 4.74 Å². The molecular weight excluding hydrogens is 368 g/mol. The summed E-state index contributed by atoms with van der Waals surface area (Å²) in [6.45, 7) is 6.14. The highest BCUT2D eigenvalue weighted by Gasteiger charge is 2.40. The Kier molecular flexibility index (Phi) is 6.37. The lowest BCUT2D eigenvalue weighted by Crippen LogP contribution is -2.57. The number of carbonyl (C=O) groups excluding carboxylic acids is 1. The van der Waals surface area contributed by atoms with Crippen molar-refractivity contribution in [3.05, 3.63) is 36.5 Å². The number of hydrogen-bond acceptors (Lipinski definition) is 6. The average Bonchev–Trinajstić information content (AvgIpc) is 2.72. The highest BCUT2D eigenvalue weighted by molar-refractivity contribution is 5.64. The SMILES string of the molecule is CC(C)COC(=O)[N+](C)(C)C1CCN(c2ccnc(-c3ccccc3O)n2)CC1. The van der Waals surface area contributed by atoms with E-state index in [0.29, 0.717) is 23.9 Å². The fourth-order valence-electron chi connectivity index (χ4n) is 3.61. The van der Waals surface area contributed by atoms with E-state index in [9.17, 15) is 9.90 Å². The maximum atomic E-state index is 12.5. The van der Waals surface area contributed by atoms with Crippen molar-refractivity contribution >= 4 is 11.9 Å². The third-order valence-corrected chi connectivity index (χ3v) is 5.50. The van der Waals surface area contributed by atoms with E-state index in [1.165, 1.54) is 0 Å². The fourth-order valence-corrected chi connectivity index (χ4v) is 3.61. The van der Waals surface area contributed by atoms with Crippen LogP contribution in [0.3, 0.4) is 0 Å². The van der Waals surface area contributed by atoms with Crippen molar-refractivity contribution in [2.24, 2.45) is 5.92 Å². The highest BCUT2D eigenvalue weighted by Crippen LogP contribution is 2.29. The van der Waals surface area contributed by atoms with Crippen LogP contribution in [0, 0.1) is 5.92 Å². The van der Waals surface area contributed by atoms with E-state index in [2.05, 4.69) is 14.9 Å². The van der Waals surface area contributed by atoms with Gasteiger partial charge in [-0.05, 0) is 24.1 Å². The molecule has 0 aliphatic carbocycles. The molecule has 2 heterocycles. The predicted octanol–water partition coefficient (Wildman–Crippen LogP) is 3.69. The largest absolute Gasteiger partial charge is 0.515 e. The van der Waals surface area contributed by atoms with Crippen molar-refractivity contribution in [3.63, 3.8) is 0 Å². The number of quaternary nitrogens is 1. The van der Waals surface area contributed by atoms with Crippen molar-refractivity contribution in [1.82, 2.24) is 9.97 Å². The summed E-state index contributed by atoms with van der Waals surface area (Å²) in [6, 6.07) is 9.18. The molecule has 1 N–H and O–H groups in total. The summed E-state index contributed by atoms with van der Waals surface area (Å²) in [5.41, 5.74) is 0.620. The Balaban J connectivity index is 1.66. The molecule has 1 aliphatic rings. The number of amides is 1. The topological polar surface area (TPSA) is 75.5 Å². The Morgan fingerprint density at radius 3 is 2.59 bits per heavy atom. The second-order valence-corrected chi connectivity index (χ2v) is 8.48. The van der Waals surface area contributed by atoms with Gasteiger partial charge in [0.1, 0.15) is 17.6 Å². The van der Waals surface area contributed by atoms with E-state index in [4.69, 9.17) is 4.74 Å². The standard InChI is InChI=1S/C22H30N4O3/c1-16(2)15-29-22(28)26(3,4)17-10-13-25(14-11-17)20-9-12-23-21(24-20)18-7-5-6-8-19(18)27/h5-9,12,16-17H,10-11,13-15H2,1-4H3/p+1. The smallest absolute Gasteiger partial charge is 0.507 e. The summed E-state index contributed by atoms with van der Waals surface area (Å²) in [6.07, 6.45) is 3.31. The number of hydrogen-bond donors (Lipinski definition) is 1. The summed E-state index contributed by atoms with van der Waals surface area (Å²) in [7, 11) is 3.87. The second-order valence-electron chi connectivity index (χ2n) is 8.48. The minimum atomic E-state index is -0.166. The quantitative estimate of drug-likeness (QED) is 0.773. The summed E-state index contributed by atoms with van der Waals surface area (Å²) >= 11 is 0. The lowest BCUT2D eigenvalue weighted by molar-refractivity contribution is -0.845. The van der Waals surface area contributed by atoms with Crippen LogP contribution < -0.4 is 4.90 Å². The molecule has 29 heavy (non-hydrogen) atoms. The lowest BCUT2D eigenvalue weighted by atomic mass is 10.0. The number of phenolic OH excluding ortho intramolecular Hbond substituents is 1. The van der Waals surface area contributed by atoms with Gasteiger partial charge in [0.15, 0.2) is 5.82 Å². The van der Waals surface area contributed by atoms with E-state index in [1.807, 2.05) is 46.1 Å². The van der Waals surface area contributed by atoms with Crippen molar-refractivity contribution in [2.45, 2.75) is 32.7 Å². The third kappa shape index (κ3) is 4.85. The molecule has 1 aromatic carbocycles. The van der Waals surface area contributed by atoms with E-state index in [0.717, 1.165) is 31.7 Å².